The number of fused-ring (bicyclic) bond motifs is 1. The molecule has 0 saturated carbocycles. The zero-order valence-electron chi connectivity index (χ0n) is 5.64. The van der Waals surface area contributed by atoms with Crippen molar-refractivity contribution in [2.75, 3.05) is 6.54 Å². The van der Waals surface area contributed by atoms with Crippen LogP contribution >= 0.6 is 38.5 Å². The molecule has 2 aliphatic heterocycles. The second kappa shape index (κ2) is 2.82. The molecule has 2 rings (SSSR count). The first-order valence-electron chi connectivity index (χ1n) is 3.25. The summed E-state index contributed by atoms with van der Waals surface area (Å²) in [5, 5.41) is 3.20. The third kappa shape index (κ3) is 1.22. The molecular formula is C7H6BrIN2. The molecule has 0 radical (unpaired) electrons. The Morgan fingerprint density at radius 3 is 3.18 bits per heavy atom. The minimum atomic E-state index is 0.964. The number of nitrogens with zero attached hydrogens (tertiary/aromatic N) is 1. The predicted molar refractivity (Wildman–Crippen MR) is 57.0 cm³/mol. The van der Waals surface area contributed by atoms with Crippen LogP contribution in [0.4, 0.5) is 0 Å². The van der Waals surface area contributed by atoms with E-state index in [0.717, 1.165) is 16.8 Å². The highest BCUT2D eigenvalue weighted by atomic mass is 127. The van der Waals surface area contributed by atoms with E-state index in [0.29, 0.717) is 0 Å². The maximum Gasteiger partial charge on any atom is 0.125 e. The van der Waals surface area contributed by atoms with Crippen LogP contribution in [0.25, 0.3) is 0 Å². The Morgan fingerprint density at radius 1 is 1.64 bits per heavy atom. The van der Waals surface area contributed by atoms with E-state index in [1.54, 1.807) is 0 Å². The van der Waals surface area contributed by atoms with Crippen LogP contribution in [-0.4, -0.2) is 11.4 Å². The van der Waals surface area contributed by atoms with Gasteiger partial charge in [-0.15, -0.1) is 0 Å². The molecule has 0 bridgehead atoms. The largest absolute Gasteiger partial charge is 0.345 e. The van der Waals surface area contributed by atoms with Gasteiger partial charge in [-0.05, 0) is 44.6 Å². The van der Waals surface area contributed by atoms with Crippen LogP contribution in [0, 0.1) is 0 Å². The maximum atomic E-state index is 3.47. The van der Waals surface area contributed by atoms with Gasteiger partial charge in [-0.2, -0.15) is 0 Å². The first-order chi connectivity index (χ1) is 5.29. The molecule has 0 aliphatic carbocycles. The van der Waals surface area contributed by atoms with Crippen molar-refractivity contribution in [3.8, 4) is 0 Å². The summed E-state index contributed by atoms with van der Waals surface area (Å²) >= 11 is 5.79. The van der Waals surface area contributed by atoms with Crippen molar-refractivity contribution in [3.05, 3.63) is 32.4 Å². The number of halogens is 2. The lowest BCUT2D eigenvalue weighted by Gasteiger charge is -2.22. The minimum Gasteiger partial charge on any atom is -0.345 e. The van der Waals surface area contributed by atoms with Crippen molar-refractivity contribution in [3.63, 3.8) is 0 Å². The number of allylic oxidation sites excluding steroid dienone is 2. The summed E-state index contributed by atoms with van der Waals surface area (Å²) in [7, 11) is 0. The molecule has 0 aromatic carbocycles. The van der Waals surface area contributed by atoms with E-state index in [4.69, 9.17) is 0 Å². The van der Waals surface area contributed by atoms with Crippen LogP contribution in [0.15, 0.2) is 32.4 Å². The molecule has 0 amide bonds. The standard InChI is InChI=1S/C7H6BrIN2/c8-5-2-1-3-11-6(9)4-10-7(5)11/h1-2,4,10H,3H2. The van der Waals surface area contributed by atoms with Gasteiger partial charge in [-0.25, -0.2) is 0 Å². The van der Waals surface area contributed by atoms with E-state index in [1.807, 2.05) is 6.20 Å². The summed E-state index contributed by atoms with van der Waals surface area (Å²) in [4.78, 5) is 2.21. The normalized spacial score (nSPS) is 21.6. The zero-order chi connectivity index (χ0) is 7.84. The van der Waals surface area contributed by atoms with E-state index >= 15 is 0 Å². The summed E-state index contributed by atoms with van der Waals surface area (Å²) in [6.07, 6.45) is 6.21. The summed E-state index contributed by atoms with van der Waals surface area (Å²) in [5.74, 6) is 1.15. The van der Waals surface area contributed by atoms with Crippen LogP contribution < -0.4 is 5.32 Å². The highest BCUT2D eigenvalue weighted by Gasteiger charge is 2.21. The van der Waals surface area contributed by atoms with Crippen molar-refractivity contribution >= 4 is 38.5 Å². The monoisotopic (exact) mass is 324 g/mol. The lowest BCUT2D eigenvalue weighted by molar-refractivity contribution is 0.507. The molecule has 0 spiro atoms. The summed E-state index contributed by atoms with van der Waals surface area (Å²) in [6.45, 7) is 0.964. The summed E-state index contributed by atoms with van der Waals surface area (Å²) in [5.41, 5.74) is 0. The summed E-state index contributed by atoms with van der Waals surface area (Å²) < 4.78 is 2.35. The fourth-order valence-corrected chi connectivity index (χ4v) is 2.22. The number of rotatable bonds is 0. The first kappa shape index (κ1) is 7.67. The highest BCUT2D eigenvalue weighted by molar-refractivity contribution is 14.1. The first-order valence-corrected chi connectivity index (χ1v) is 5.12. The van der Waals surface area contributed by atoms with Crippen LogP contribution in [-0.2, 0) is 0 Å². The third-order valence-corrected chi connectivity index (χ3v) is 3.17. The number of hydrogen-bond acceptors (Lipinski definition) is 2. The Kier molecular flexibility index (Phi) is 1.97. The molecule has 0 aromatic rings. The second-order valence-corrected chi connectivity index (χ2v) is 4.28. The van der Waals surface area contributed by atoms with Gasteiger partial charge in [0.25, 0.3) is 0 Å². The van der Waals surface area contributed by atoms with Gasteiger partial charge in [-0.1, -0.05) is 6.08 Å². The lowest BCUT2D eigenvalue weighted by Crippen LogP contribution is -2.23. The topological polar surface area (TPSA) is 15.3 Å². The van der Waals surface area contributed by atoms with Crippen molar-refractivity contribution in [1.29, 1.82) is 0 Å². The SMILES string of the molecule is BrC1=C2NC=C(I)N2CC=C1. The van der Waals surface area contributed by atoms with E-state index in [1.165, 1.54) is 3.70 Å². The second-order valence-electron chi connectivity index (χ2n) is 2.32. The molecule has 0 unspecified atom stereocenters. The van der Waals surface area contributed by atoms with Crippen LogP contribution in [0.5, 0.6) is 0 Å². The van der Waals surface area contributed by atoms with Crippen LogP contribution in [0.2, 0.25) is 0 Å². The van der Waals surface area contributed by atoms with Crippen LogP contribution in [0.3, 0.4) is 0 Å². The molecule has 2 heterocycles. The molecule has 4 heteroatoms. The molecule has 0 atom stereocenters. The fraction of sp³-hybridized carbons (Fsp3) is 0.143. The predicted octanol–water partition coefficient (Wildman–Crippen LogP) is 2.26. The Balaban J connectivity index is 2.38. The molecule has 2 nitrogen and oxygen atoms in total. The molecule has 0 saturated heterocycles. The highest BCUT2D eigenvalue weighted by Crippen LogP contribution is 2.29. The fourth-order valence-electron chi connectivity index (χ4n) is 1.11. The van der Waals surface area contributed by atoms with Crippen molar-refractivity contribution < 1.29 is 0 Å². The van der Waals surface area contributed by atoms with E-state index in [9.17, 15) is 0 Å². The smallest absolute Gasteiger partial charge is 0.125 e. The Bertz CT molecular complexity index is 280. The average Bonchev–Trinajstić information content (AvgIpc) is 2.35. The van der Waals surface area contributed by atoms with Gasteiger partial charge in [0.1, 0.15) is 5.82 Å². The average molecular weight is 325 g/mol. The van der Waals surface area contributed by atoms with Gasteiger partial charge in [0.05, 0.1) is 8.19 Å². The Morgan fingerprint density at radius 2 is 2.45 bits per heavy atom. The Hall–Kier alpha value is 0.0300. The molecule has 0 fully saturated rings. The van der Waals surface area contributed by atoms with Gasteiger partial charge in [0, 0.05) is 12.7 Å². The van der Waals surface area contributed by atoms with Gasteiger partial charge in [0.2, 0.25) is 0 Å². The Labute approximate surface area is 87.3 Å². The van der Waals surface area contributed by atoms with Gasteiger partial charge in [0.15, 0.2) is 0 Å². The number of nitrogens with one attached hydrogen (secondary N) is 1. The van der Waals surface area contributed by atoms with Crippen molar-refractivity contribution in [2.24, 2.45) is 0 Å². The van der Waals surface area contributed by atoms with Crippen molar-refractivity contribution in [2.45, 2.75) is 0 Å². The van der Waals surface area contributed by atoms with E-state index in [-0.39, 0.29) is 0 Å². The van der Waals surface area contributed by atoms with Gasteiger partial charge >= 0.3 is 0 Å². The molecular weight excluding hydrogens is 319 g/mol. The summed E-state index contributed by atoms with van der Waals surface area (Å²) in [6, 6.07) is 0. The van der Waals surface area contributed by atoms with Crippen molar-refractivity contribution in [1.82, 2.24) is 10.2 Å². The molecule has 0 aromatic heterocycles. The zero-order valence-corrected chi connectivity index (χ0v) is 9.39. The van der Waals surface area contributed by atoms with Crippen LogP contribution in [0.1, 0.15) is 0 Å². The van der Waals surface area contributed by atoms with E-state index < -0.39 is 0 Å². The quantitative estimate of drug-likeness (QED) is 0.543. The van der Waals surface area contributed by atoms with E-state index in [2.05, 4.69) is 60.9 Å². The number of hydrogen-bond donors (Lipinski definition) is 1. The maximum absolute atomic E-state index is 3.47. The minimum absolute atomic E-state index is 0.964. The lowest BCUT2D eigenvalue weighted by atomic mass is 10.3. The molecule has 58 valence electrons. The van der Waals surface area contributed by atoms with Gasteiger partial charge in [-0.3, -0.25) is 0 Å². The third-order valence-electron chi connectivity index (χ3n) is 1.63. The molecule has 2 aliphatic rings. The molecule has 1 N–H and O–H groups in total. The van der Waals surface area contributed by atoms with Gasteiger partial charge < -0.3 is 10.2 Å². The molecule has 11 heavy (non-hydrogen) atoms.